The first-order valence-corrected chi connectivity index (χ1v) is 22.5. The van der Waals surface area contributed by atoms with Crippen LogP contribution in [0.5, 0.6) is 11.5 Å². The van der Waals surface area contributed by atoms with Crippen LogP contribution in [0.4, 0.5) is 9.59 Å². The van der Waals surface area contributed by atoms with Gasteiger partial charge in [-0.15, -0.1) is 11.8 Å². The molecule has 4 atom stereocenters. The van der Waals surface area contributed by atoms with Gasteiger partial charge in [0.2, 0.25) is 11.8 Å². The molecule has 18 nitrogen and oxygen atoms in total. The third-order valence-electron chi connectivity index (χ3n) is 11.3. The van der Waals surface area contributed by atoms with Crippen LogP contribution >= 0.6 is 11.8 Å². The number of aromatic nitrogens is 4. The van der Waals surface area contributed by atoms with Gasteiger partial charge >= 0.3 is 12.2 Å². The lowest BCUT2D eigenvalue weighted by Gasteiger charge is -2.30. The Labute approximate surface area is 377 Å². The van der Waals surface area contributed by atoms with Gasteiger partial charge in [0.15, 0.2) is 11.5 Å². The molecule has 4 aromatic rings. The molecule has 19 heteroatoms. The van der Waals surface area contributed by atoms with Crippen LogP contribution in [0.1, 0.15) is 64.3 Å². The minimum atomic E-state index is -0.755. The van der Waals surface area contributed by atoms with Crippen molar-refractivity contribution >= 4 is 35.8 Å². The summed E-state index contributed by atoms with van der Waals surface area (Å²) in [6.07, 6.45) is 3.67. The standard InChI is InChI=1S/C45H60N8O10S/c1-26(2)36(50-44(56)60-7)42(54)52-17-9-10-34(52)40-47-23-33(49-40)31-16-15-30(38(62-20-18-58-5)39(31)63-21-19-59-6)28-11-13-29(14-12-28)32-22-46-41(48-32)35-24-64-25-53(35)43(55)37(27(3)4)51-45(57)61-8/h11-16,22-23,26-27,34-37H,9-10,17-21,24-25H2,1-8H3,(H,46,48)(H,47,49)(H,50,56)(H,51,57)/t34-,35-,36-,37-/m0/s1. The third kappa shape index (κ3) is 10.9. The van der Waals surface area contributed by atoms with E-state index in [2.05, 4.69) is 20.6 Å². The first-order valence-electron chi connectivity index (χ1n) is 21.4. The molecule has 2 saturated heterocycles. The number of thioether (sulfide) groups is 1. The number of aromatic amines is 2. The van der Waals surface area contributed by atoms with Crippen LogP contribution in [0.15, 0.2) is 48.8 Å². The minimum absolute atomic E-state index is 0.147. The molecule has 0 aliphatic carbocycles. The highest BCUT2D eigenvalue weighted by Crippen LogP contribution is 2.46. The topological polar surface area (TPSA) is 212 Å². The molecule has 4 heterocycles. The fourth-order valence-corrected chi connectivity index (χ4v) is 9.00. The van der Waals surface area contributed by atoms with Crippen LogP contribution < -0.4 is 20.1 Å². The zero-order chi connectivity index (χ0) is 45.9. The van der Waals surface area contributed by atoms with Crippen molar-refractivity contribution < 1.29 is 47.6 Å². The van der Waals surface area contributed by atoms with Crippen molar-refractivity contribution in [2.24, 2.45) is 11.8 Å². The Hall–Kier alpha value is -5.79. The van der Waals surface area contributed by atoms with Crippen molar-refractivity contribution in [2.75, 3.05) is 73.0 Å². The van der Waals surface area contributed by atoms with Crippen molar-refractivity contribution in [1.29, 1.82) is 0 Å². The molecule has 6 rings (SSSR count). The number of imidazole rings is 2. The lowest BCUT2D eigenvalue weighted by Crippen LogP contribution is -2.51. The summed E-state index contributed by atoms with van der Waals surface area (Å²) in [5.74, 6) is 2.71. The van der Waals surface area contributed by atoms with Crippen LogP contribution in [0.2, 0.25) is 0 Å². The second-order valence-electron chi connectivity index (χ2n) is 16.2. The van der Waals surface area contributed by atoms with Crippen LogP contribution in [0, 0.1) is 11.8 Å². The molecule has 0 spiro atoms. The van der Waals surface area contributed by atoms with Gasteiger partial charge in [-0.2, -0.15) is 0 Å². The number of methoxy groups -OCH3 is 4. The normalized spacial score (nSPS) is 17.1. The van der Waals surface area contributed by atoms with Gasteiger partial charge in [0.25, 0.3) is 0 Å². The van der Waals surface area contributed by atoms with Crippen LogP contribution in [0.3, 0.4) is 0 Å². The van der Waals surface area contributed by atoms with Crippen molar-refractivity contribution in [3.05, 3.63) is 60.4 Å². The monoisotopic (exact) mass is 904 g/mol. The maximum Gasteiger partial charge on any atom is 0.407 e. The molecule has 4 N–H and O–H groups in total. The smallest absolute Gasteiger partial charge is 0.407 e. The summed E-state index contributed by atoms with van der Waals surface area (Å²) in [5.41, 5.74) is 4.70. The van der Waals surface area contributed by atoms with Gasteiger partial charge in [-0.1, -0.05) is 52.0 Å². The molecule has 4 amide bonds. The maximum absolute atomic E-state index is 13.8. The number of nitrogens with zero attached hydrogens (tertiary/aromatic N) is 4. The molecule has 0 saturated carbocycles. The number of nitrogens with one attached hydrogen (secondary N) is 4. The van der Waals surface area contributed by atoms with Gasteiger partial charge in [-0.3, -0.25) is 9.59 Å². The number of likely N-dealkylation sites (tertiary alicyclic amines) is 1. The quantitative estimate of drug-likeness (QED) is 0.0776. The molecule has 2 fully saturated rings. The van der Waals surface area contributed by atoms with E-state index in [1.165, 1.54) is 14.2 Å². The number of ether oxygens (including phenoxy) is 6. The molecule has 2 aromatic heterocycles. The first-order chi connectivity index (χ1) is 30.9. The van der Waals surface area contributed by atoms with E-state index in [0.29, 0.717) is 72.2 Å². The van der Waals surface area contributed by atoms with Gasteiger partial charge in [0, 0.05) is 37.6 Å². The fourth-order valence-electron chi connectivity index (χ4n) is 7.83. The average molecular weight is 905 g/mol. The molecule has 64 heavy (non-hydrogen) atoms. The van der Waals surface area contributed by atoms with E-state index in [-0.39, 0.29) is 48.9 Å². The highest BCUT2D eigenvalue weighted by molar-refractivity contribution is 7.99. The van der Waals surface area contributed by atoms with Gasteiger partial charge in [0.1, 0.15) is 36.9 Å². The van der Waals surface area contributed by atoms with E-state index >= 15 is 0 Å². The largest absolute Gasteiger partial charge is 0.487 e. The predicted molar refractivity (Wildman–Crippen MR) is 241 cm³/mol. The van der Waals surface area contributed by atoms with E-state index in [1.807, 2.05) is 64.1 Å². The number of rotatable bonds is 19. The highest BCUT2D eigenvalue weighted by Gasteiger charge is 2.39. The zero-order valence-electron chi connectivity index (χ0n) is 37.7. The molecule has 2 aliphatic heterocycles. The summed E-state index contributed by atoms with van der Waals surface area (Å²) in [7, 11) is 5.77. The molecule has 346 valence electrons. The van der Waals surface area contributed by atoms with Gasteiger partial charge in [-0.25, -0.2) is 19.6 Å². The third-order valence-corrected chi connectivity index (χ3v) is 12.3. The summed E-state index contributed by atoms with van der Waals surface area (Å²) in [6.45, 7) is 9.22. The molecular formula is C45H60N8O10S. The second kappa shape index (κ2) is 22.2. The average Bonchev–Trinajstić information content (AvgIpc) is 4.14. The zero-order valence-corrected chi connectivity index (χ0v) is 38.5. The van der Waals surface area contributed by atoms with Crippen LogP contribution in [-0.4, -0.2) is 139 Å². The number of hydrogen-bond acceptors (Lipinski definition) is 13. The molecule has 0 bridgehead atoms. The Balaban J connectivity index is 1.28. The SMILES string of the molecule is COCCOc1c(-c2ccc(-c3cnc([C@@H]4CSCN4C(=O)[C@@H](NC(=O)OC)C(C)C)[nH]3)cc2)ccc(-c2cnc([C@@H]3CCCN3C(=O)[C@@H](NC(=O)OC)C(C)C)[nH]2)c1OCCOC. The van der Waals surface area contributed by atoms with Gasteiger partial charge < -0.3 is 58.8 Å². The fraction of sp³-hybridized carbons (Fsp3) is 0.511. The molecule has 2 aliphatic rings. The highest BCUT2D eigenvalue weighted by atomic mass is 32.2. The van der Waals surface area contributed by atoms with Crippen LogP contribution in [0.25, 0.3) is 33.6 Å². The lowest BCUT2D eigenvalue weighted by atomic mass is 9.98. The number of alkyl carbamates (subject to hydrolysis) is 2. The summed E-state index contributed by atoms with van der Waals surface area (Å²) in [4.78, 5) is 71.6. The minimum Gasteiger partial charge on any atom is -0.487 e. The summed E-state index contributed by atoms with van der Waals surface area (Å²) in [6, 6.07) is 9.80. The number of benzene rings is 2. The van der Waals surface area contributed by atoms with Crippen molar-refractivity contribution in [1.82, 2.24) is 40.4 Å². The number of hydrogen-bond donors (Lipinski definition) is 4. The molecule has 0 radical (unpaired) electrons. The van der Waals surface area contributed by atoms with E-state index in [1.54, 1.807) is 48.2 Å². The van der Waals surface area contributed by atoms with E-state index in [9.17, 15) is 19.2 Å². The van der Waals surface area contributed by atoms with Crippen molar-refractivity contribution in [3.63, 3.8) is 0 Å². The Morgan fingerprint density at radius 1 is 0.688 bits per heavy atom. The molecule has 2 aromatic carbocycles. The number of H-pyrrole nitrogens is 2. The Kier molecular flexibility index (Phi) is 16.5. The Morgan fingerprint density at radius 3 is 1.78 bits per heavy atom. The molecule has 0 unspecified atom stereocenters. The van der Waals surface area contributed by atoms with Crippen molar-refractivity contribution in [3.8, 4) is 45.1 Å². The summed E-state index contributed by atoms with van der Waals surface area (Å²) >= 11 is 1.63. The van der Waals surface area contributed by atoms with E-state index in [0.717, 1.165) is 28.8 Å². The maximum atomic E-state index is 13.8. The molecular weight excluding hydrogens is 845 g/mol. The number of carbonyl (C=O) groups is 4. The summed E-state index contributed by atoms with van der Waals surface area (Å²) < 4.78 is 33.2. The number of carbonyl (C=O) groups excluding carboxylic acids is 4. The van der Waals surface area contributed by atoms with Gasteiger partial charge in [-0.05, 0) is 47.9 Å². The van der Waals surface area contributed by atoms with E-state index < -0.39 is 24.3 Å². The van der Waals surface area contributed by atoms with E-state index in [4.69, 9.17) is 38.4 Å². The first kappa shape index (κ1) is 47.7. The second-order valence-corrected chi connectivity index (χ2v) is 17.2. The van der Waals surface area contributed by atoms with Gasteiger partial charge in [0.05, 0.1) is 69.2 Å². The Bertz CT molecular complexity index is 2210. The van der Waals surface area contributed by atoms with Crippen LogP contribution in [-0.2, 0) is 28.5 Å². The predicted octanol–water partition coefficient (Wildman–Crippen LogP) is 6.18. The summed E-state index contributed by atoms with van der Waals surface area (Å²) in [5, 5.41) is 5.39. The van der Waals surface area contributed by atoms with Crippen molar-refractivity contribution in [2.45, 2.75) is 64.7 Å². The Morgan fingerprint density at radius 2 is 1.20 bits per heavy atom. The lowest BCUT2D eigenvalue weighted by molar-refractivity contribution is -0.136. The number of amides is 4.